The maximum atomic E-state index is 5.97. The summed E-state index contributed by atoms with van der Waals surface area (Å²) in [5.41, 5.74) is 5.28. The Labute approximate surface area is 209 Å². The summed E-state index contributed by atoms with van der Waals surface area (Å²) >= 11 is 5.97. The normalized spacial score (nSPS) is 14.7. The van der Waals surface area contributed by atoms with E-state index in [4.69, 9.17) is 11.6 Å². The van der Waals surface area contributed by atoms with Crippen LogP contribution in [0.2, 0.25) is 5.02 Å². The lowest BCUT2D eigenvalue weighted by Gasteiger charge is -2.34. The van der Waals surface area contributed by atoms with Crippen LogP contribution >= 0.6 is 36.4 Å². The molecular formula is C27H31Cl3N2. The minimum Gasteiger partial charge on any atom is -0.297 e. The van der Waals surface area contributed by atoms with Gasteiger partial charge in [0.15, 0.2) is 0 Å². The maximum absolute atomic E-state index is 5.97. The molecule has 0 aromatic heterocycles. The first kappa shape index (κ1) is 26.4. The van der Waals surface area contributed by atoms with Gasteiger partial charge in [-0.1, -0.05) is 90.5 Å². The third kappa shape index (κ3) is 8.27. The number of nitrogens with zero attached hydrogens (tertiary/aromatic N) is 2. The first-order chi connectivity index (χ1) is 14.7. The molecule has 0 radical (unpaired) electrons. The highest BCUT2D eigenvalue weighted by Gasteiger charge is 2.15. The molecule has 5 heteroatoms. The highest BCUT2D eigenvalue weighted by atomic mass is 35.5. The largest absolute Gasteiger partial charge is 0.297 e. The second kappa shape index (κ2) is 13.7. The summed E-state index contributed by atoms with van der Waals surface area (Å²) in [7, 11) is 0. The Morgan fingerprint density at radius 1 is 0.656 bits per heavy atom. The molecule has 0 amide bonds. The van der Waals surface area contributed by atoms with Crippen LogP contribution in [-0.2, 0) is 13.0 Å². The SMILES string of the molecule is Cl.Cl.Clc1ccc(Cc2ccc(C=CCN3CCN(Cc4ccccc4)CC3)cc2)cc1. The summed E-state index contributed by atoms with van der Waals surface area (Å²) in [5.74, 6) is 0. The molecular weight excluding hydrogens is 459 g/mol. The first-order valence-corrected chi connectivity index (χ1v) is 11.1. The number of hydrogen-bond acceptors (Lipinski definition) is 2. The highest BCUT2D eigenvalue weighted by Crippen LogP contribution is 2.15. The molecule has 1 fully saturated rings. The van der Waals surface area contributed by atoms with E-state index in [-0.39, 0.29) is 24.8 Å². The van der Waals surface area contributed by atoms with E-state index >= 15 is 0 Å². The lowest BCUT2D eigenvalue weighted by molar-refractivity contribution is 0.137. The number of piperazine rings is 1. The second-order valence-corrected chi connectivity index (χ2v) is 8.45. The average Bonchev–Trinajstić information content (AvgIpc) is 2.78. The van der Waals surface area contributed by atoms with Crippen LogP contribution in [0.4, 0.5) is 0 Å². The number of halogens is 3. The Kier molecular flexibility index (Phi) is 11.3. The Morgan fingerprint density at radius 3 is 1.84 bits per heavy atom. The Bertz CT molecular complexity index is 933. The van der Waals surface area contributed by atoms with Crippen LogP contribution < -0.4 is 0 Å². The van der Waals surface area contributed by atoms with Crippen molar-refractivity contribution in [1.82, 2.24) is 9.80 Å². The molecule has 1 aliphatic heterocycles. The van der Waals surface area contributed by atoms with Crippen LogP contribution in [0.15, 0.2) is 84.9 Å². The molecule has 0 spiro atoms. The fourth-order valence-corrected chi connectivity index (χ4v) is 4.02. The third-order valence-electron chi connectivity index (χ3n) is 5.69. The van der Waals surface area contributed by atoms with Crippen LogP contribution in [0, 0.1) is 0 Å². The molecule has 0 N–H and O–H groups in total. The Balaban J connectivity index is 0.00000181. The molecule has 0 saturated carbocycles. The van der Waals surface area contributed by atoms with Gasteiger partial charge in [0.05, 0.1) is 0 Å². The molecule has 2 nitrogen and oxygen atoms in total. The summed E-state index contributed by atoms with van der Waals surface area (Å²) in [4.78, 5) is 5.09. The topological polar surface area (TPSA) is 6.48 Å². The lowest BCUT2D eigenvalue weighted by atomic mass is 10.0. The van der Waals surface area contributed by atoms with Crippen molar-refractivity contribution in [3.05, 3.63) is 112 Å². The standard InChI is InChI=1S/C27H29ClN2.2ClH/c28-27-14-12-25(13-15-27)21-24-10-8-23(9-11-24)7-4-16-29-17-19-30(20-18-29)22-26-5-2-1-3-6-26;;/h1-15H,16-22H2;2*1H. The fraction of sp³-hybridized carbons (Fsp3) is 0.259. The van der Waals surface area contributed by atoms with Crippen molar-refractivity contribution < 1.29 is 0 Å². The van der Waals surface area contributed by atoms with Crippen LogP contribution in [0.25, 0.3) is 6.08 Å². The molecule has 1 heterocycles. The maximum Gasteiger partial charge on any atom is 0.0406 e. The van der Waals surface area contributed by atoms with E-state index in [2.05, 4.69) is 88.7 Å². The van der Waals surface area contributed by atoms with Crippen molar-refractivity contribution in [1.29, 1.82) is 0 Å². The van der Waals surface area contributed by atoms with Crippen molar-refractivity contribution in [2.75, 3.05) is 32.7 Å². The molecule has 1 saturated heterocycles. The molecule has 0 aliphatic carbocycles. The third-order valence-corrected chi connectivity index (χ3v) is 5.94. The smallest absolute Gasteiger partial charge is 0.0406 e. The van der Waals surface area contributed by atoms with Crippen LogP contribution in [0.1, 0.15) is 22.3 Å². The zero-order chi connectivity index (χ0) is 20.6. The van der Waals surface area contributed by atoms with E-state index in [1.54, 1.807) is 0 Å². The molecule has 1 aliphatic rings. The van der Waals surface area contributed by atoms with Gasteiger partial charge < -0.3 is 0 Å². The minimum atomic E-state index is 0. The summed E-state index contributed by atoms with van der Waals surface area (Å²) in [6, 6.07) is 27.7. The monoisotopic (exact) mass is 488 g/mol. The van der Waals surface area contributed by atoms with Gasteiger partial charge in [0.1, 0.15) is 0 Å². The molecule has 32 heavy (non-hydrogen) atoms. The van der Waals surface area contributed by atoms with E-state index in [1.807, 2.05) is 12.1 Å². The molecule has 0 atom stereocenters. The lowest BCUT2D eigenvalue weighted by Crippen LogP contribution is -2.45. The van der Waals surface area contributed by atoms with Crippen molar-refractivity contribution >= 4 is 42.5 Å². The van der Waals surface area contributed by atoms with Gasteiger partial charge in [-0.2, -0.15) is 0 Å². The molecule has 4 rings (SSSR count). The van der Waals surface area contributed by atoms with Gasteiger partial charge in [0.2, 0.25) is 0 Å². The predicted octanol–water partition coefficient (Wildman–Crippen LogP) is 6.61. The molecule has 0 unspecified atom stereocenters. The van der Waals surface area contributed by atoms with E-state index in [0.29, 0.717) is 0 Å². The summed E-state index contributed by atoms with van der Waals surface area (Å²) in [5, 5.41) is 0.789. The van der Waals surface area contributed by atoms with Gasteiger partial charge in [0, 0.05) is 44.3 Å². The zero-order valence-corrected chi connectivity index (χ0v) is 20.6. The Morgan fingerprint density at radius 2 is 1.22 bits per heavy atom. The second-order valence-electron chi connectivity index (χ2n) is 8.01. The van der Waals surface area contributed by atoms with E-state index < -0.39 is 0 Å². The van der Waals surface area contributed by atoms with Gasteiger partial charge in [-0.15, -0.1) is 24.8 Å². The number of rotatable bonds is 7. The van der Waals surface area contributed by atoms with Crippen LogP contribution in [0.3, 0.4) is 0 Å². The quantitative estimate of drug-likeness (QED) is 0.368. The molecule has 0 bridgehead atoms. The van der Waals surface area contributed by atoms with Crippen molar-refractivity contribution in [2.45, 2.75) is 13.0 Å². The first-order valence-electron chi connectivity index (χ1n) is 10.7. The van der Waals surface area contributed by atoms with Crippen molar-refractivity contribution in [2.24, 2.45) is 0 Å². The van der Waals surface area contributed by atoms with Gasteiger partial charge in [0.25, 0.3) is 0 Å². The Hall–Kier alpha value is -1.81. The van der Waals surface area contributed by atoms with E-state index in [9.17, 15) is 0 Å². The van der Waals surface area contributed by atoms with Crippen molar-refractivity contribution in [3.63, 3.8) is 0 Å². The number of benzene rings is 3. The molecule has 3 aromatic carbocycles. The summed E-state index contributed by atoms with van der Waals surface area (Å²) in [6.07, 6.45) is 5.47. The summed E-state index contributed by atoms with van der Waals surface area (Å²) in [6.45, 7) is 6.64. The van der Waals surface area contributed by atoms with Crippen LogP contribution in [0.5, 0.6) is 0 Å². The summed E-state index contributed by atoms with van der Waals surface area (Å²) < 4.78 is 0. The van der Waals surface area contributed by atoms with Gasteiger partial charge in [-0.3, -0.25) is 9.80 Å². The van der Waals surface area contributed by atoms with Crippen molar-refractivity contribution in [3.8, 4) is 0 Å². The fourth-order valence-electron chi connectivity index (χ4n) is 3.89. The van der Waals surface area contributed by atoms with Gasteiger partial charge in [-0.25, -0.2) is 0 Å². The highest BCUT2D eigenvalue weighted by molar-refractivity contribution is 6.30. The van der Waals surface area contributed by atoms with E-state index in [1.165, 1.54) is 22.3 Å². The number of hydrogen-bond donors (Lipinski definition) is 0. The minimum absolute atomic E-state index is 0. The molecule has 3 aromatic rings. The zero-order valence-electron chi connectivity index (χ0n) is 18.2. The predicted molar refractivity (Wildman–Crippen MR) is 142 cm³/mol. The van der Waals surface area contributed by atoms with Gasteiger partial charge in [-0.05, 0) is 40.8 Å². The van der Waals surface area contributed by atoms with Crippen LogP contribution in [-0.4, -0.2) is 42.5 Å². The molecule has 170 valence electrons. The average molecular weight is 490 g/mol. The van der Waals surface area contributed by atoms with Gasteiger partial charge >= 0.3 is 0 Å². The van der Waals surface area contributed by atoms with E-state index in [0.717, 1.165) is 50.7 Å².